The lowest BCUT2D eigenvalue weighted by molar-refractivity contribution is 0.0635. The monoisotopic (exact) mass is 518 g/mol. The van der Waals surface area contributed by atoms with E-state index in [-0.39, 0.29) is 0 Å². The van der Waals surface area contributed by atoms with E-state index in [1.165, 1.54) is 0 Å². The van der Waals surface area contributed by atoms with E-state index in [1.54, 1.807) is 12.3 Å². The Kier molecular flexibility index (Phi) is 6.31. The number of aromatic nitrogens is 4. The third kappa shape index (κ3) is 5.16. The number of rotatable bonds is 4. The summed E-state index contributed by atoms with van der Waals surface area (Å²) in [6.07, 6.45) is 3.02. The van der Waals surface area contributed by atoms with E-state index in [0.29, 0.717) is 5.82 Å². The highest BCUT2D eigenvalue weighted by atomic mass is 16.6. The van der Waals surface area contributed by atoms with Crippen LogP contribution in [0.5, 0.6) is 0 Å². The fourth-order valence-electron chi connectivity index (χ4n) is 4.47. The molecule has 0 radical (unpaired) electrons. The van der Waals surface area contributed by atoms with Crippen molar-refractivity contribution < 1.29 is 9.53 Å². The first kappa shape index (κ1) is 25.9. The second-order valence-corrected chi connectivity index (χ2v) is 11.1. The number of carbonyl (C=O) groups is 1. The summed E-state index contributed by atoms with van der Waals surface area (Å²) in [5, 5.41) is 19.0. The summed E-state index contributed by atoms with van der Waals surface area (Å²) in [6.45, 7) is 9.26. The van der Waals surface area contributed by atoms with Gasteiger partial charge in [-0.2, -0.15) is 10.4 Å². The molecule has 0 fully saturated rings. The Balaban J connectivity index is 1.54. The smallest absolute Gasteiger partial charge is 0.413 e. The molecule has 1 amide bonds. The highest BCUT2D eigenvalue weighted by molar-refractivity contribution is 6.12. The quantitative estimate of drug-likeness (QED) is 0.275. The average Bonchev–Trinajstić information content (AvgIpc) is 3.24. The number of benzene rings is 2. The predicted molar refractivity (Wildman–Crippen MR) is 153 cm³/mol. The van der Waals surface area contributed by atoms with Crippen LogP contribution in [0.4, 0.5) is 10.6 Å². The lowest BCUT2D eigenvalue weighted by Crippen LogP contribution is -2.27. The molecule has 5 rings (SSSR count). The molecule has 0 aliphatic rings. The molecule has 0 aliphatic carbocycles. The van der Waals surface area contributed by atoms with Crippen LogP contribution in [0.2, 0.25) is 0 Å². The molecule has 196 valence electrons. The van der Waals surface area contributed by atoms with E-state index < -0.39 is 17.1 Å². The fourth-order valence-corrected chi connectivity index (χ4v) is 4.47. The van der Waals surface area contributed by atoms with E-state index in [2.05, 4.69) is 27.4 Å². The van der Waals surface area contributed by atoms with Gasteiger partial charge in [0.25, 0.3) is 0 Å². The zero-order valence-electron chi connectivity index (χ0n) is 22.9. The number of hydrogen-bond donors (Lipinski definition) is 1. The molecule has 0 atom stereocenters. The van der Waals surface area contributed by atoms with Crippen molar-refractivity contribution in [2.24, 2.45) is 7.05 Å². The maximum Gasteiger partial charge on any atom is 0.413 e. The van der Waals surface area contributed by atoms with Crippen LogP contribution >= 0.6 is 0 Å². The first-order chi connectivity index (χ1) is 18.4. The number of aryl methyl sites for hydroxylation is 1. The van der Waals surface area contributed by atoms with Gasteiger partial charge in [0.2, 0.25) is 0 Å². The second-order valence-electron chi connectivity index (χ2n) is 11.1. The number of nitrogens with one attached hydrogen (secondary N) is 1. The summed E-state index contributed by atoms with van der Waals surface area (Å²) < 4.78 is 7.15. The molecule has 1 N–H and O–H groups in total. The molecule has 3 aromatic heterocycles. The van der Waals surface area contributed by atoms with Gasteiger partial charge in [-0.25, -0.2) is 9.78 Å². The number of pyridine rings is 2. The summed E-state index contributed by atoms with van der Waals surface area (Å²) in [7, 11) is 1.91. The van der Waals surface area contributed by atoms with Crippen molar-refractivity contribution >= 4 is 33.7 Å². The fraction of sp³-hybridized carbons (Fsp3) is 0.258. The number of nitrogens with zero attached hydrogens (tertiary/aromatic N) is 5. The third-order valence-corrected chi connectivity index (χ3v) is 6.57. The Morgan fingerprint density at radius 3 is 2.26 bits per heavy atom. The zero-order valence-corrected chi connectivity index (χ0v) is 22.9. The van der Waals surface area contributed by atoms with Crippen molar-refractivity contribution in [3.8, 4) is 28.5 Å². The predicted octanol–water partition coefficient (Wildman–Crippen LogP) is 7.00. The number of nitriles is 1. The highest BCUT2D eigenvalue weighted by Crippen LogP contribution is 2.35. The molecule has 0 unspecified atom stereocenters. The molecule has 0 saturated carbocycles. The molecule has 3 heterocycles. The Bertz CT molecular complexity index is 1740. The lowest BCUT2D eigenvalue weighted by atomic mass is 9.86. The van der Waals surface area contributed by atoms with Gasteiger partial charge in [0, 0.05) is 35.1 Å². The molecule has 2 aromatic carbocycles. The summed E-state index contributed by atoms with van der Waals surface area (Å²) in [6, 6.07) is 20.1. The minimum atomic E-state index is -0.588. The average molecular weight is 519 g/mol. The van der Waals surface area contributed by atoms with Gasteiger partial charge in [-0.15, -0.1) is 0 Å². The number of carbonyl (C=O) groups excluding carboxylic acids is 1. The van der Waals surface area contributed by atoms with Crippen LogP contribution in [0.3, 0.4) is 0 Å². The molecule has 39 heavy (non-hydrogen) atoms. The number of amides is 1. The molecule has 8 heteroatoms. The standard InChI is InChI=1S/C31H30N6O2/c1-30(2,3)39-29(38)35-26-14-10-21(16-34-26)20-9-13-24-23(15-20)27-25(17-33-24)37(6)36-28(27)19-7-11-22(12-8-19)31(4,5)18-32/h7-17H,1-6H3,(H,34,35,38). The molecule has 0 aliphatic heterocycles. The van der Waals surface area contributed by atoms with E-state index in [4.69, 9.17) is 9.84 Å². The molecule has 0 bridgehead atoms. The molecular formula is C31H30N6O2. The van der Waals surface area contributed by atoms with Gasteiger partial charge >= 0.3 is 6.09 Å². The SMILES string of the molecule is Cn1nc(-c2ccc(C(C)(C)C#N)cc2)c2c3cc(-c4ccc(NC(=O)OC(C)(C)C)nc4)ccc3ncc21. The third-order valence-electron chi connectivity index (χ3n) is 6.57. The highest BCUT2D eigenvalue weighted by Gasteiger charge is 2.21. The van der Waals surface area contributed by atoms with Gasteiger partial charge in [-0.05, 0) is 70.0 Å². The number of hydrogen-bond acceptors (Lipinski definition) is 6. The first-order valence-corrected chi connectivity index (χ1v) is 12.7. The van der Waals surface area contributed by atoms with Crippen LogP contribution in [0.1, 0.15) is 40.2 Å². The van der Waals surface area contributed by atoms with Gasteiger partial charge in [0.1, 0.15) is 17.1 Å². The number of ether oxygens (including phenoxy) is 1. The summed E-state index contributed by atoms with van der Waals surface area (Å²) in [5.74, 6) is 0.412. The van der Waals surface area contributed by atoms with E-state index in [1.807, 2.05) is 95.0 Å². The Morgan fingerprint density at radius 2 is 1.62 bits per heavy atom. The van der Waals surface area contributed by atoms with Gasteiger partial charge in [-0.3, -0.25) is 15.0 Å². The first-order valence-electron chi connectivity index (χ1n) is 12.7. The second kappa shape index (κ2) is 9.52. The van der Waals surface area contributed by atoms with E-state index in [0.717, 1.165) is 49.8 Å². The summed E-state index contributed by atoms with van der Waals surface area (Å²) in [5.41, 5.74) is 5.27. The van der Waals surface area contributed by atoms with Crippen molar-refractivity contribution in [3.05, 3.63) is 72.6 Å². The van der Waals surface area contributed by atoms with E-state index in [9.17, 15) is 10.1 Å². The summed E-state index contributed by atoms with van der Waals surface area (Å²) >= 11 is 0. The Labute approximate surface area is 227 Å². The summed E-state index contributed by atoms with van der Waals surface area (Å²) in [4.78, 5) is 21.2. The topological polar surface area (TPSA) is 106 Å². The van der Waals surface area contributed by atoms with Crippen LogP contribution < -0.4 is 5.32 Å². The largest absolute Gasteiger partial charge is 0.444 e. The van der Waals surface area contributed by atoms with Gasteiger partial charge in [-0.1, -0.05) is 30.3 Å². The van der Waals surface area contributed by atoms with Crippen LogP contribution in [0, 0.1) is 11.3 Å². The van der Waals surface area contributed by atoms with Gasteiger partial charge in [0.05, 0.1) is 28.7 Å². The Hall–Kier alpha value is -4.77. The van der Waals surface area contributed by atoms with Crippen LogP contribution in [-0.4, -0.2) is 31.4 Å². The molecule has 0 saturated heterocycles. The number of anilines is 1. The van der Waals surface area contributed by atoms with Crippen LogP contribution in [0.25, 0.3) is 44.2 Å². The minimum absolute atomic E-state index is 0.412. The van der Waals surface area contributed by atoms with Crippen molar-refractivity contribution in [1.29, 1.82) is 5.26 Å². The van der Waals surface area contributed by atoms with Crippen LogP contribution in [0.15, 0.2) is 67.0 Å². The maximum atomic E-state index is 12.1. The Morgan fingerprint density at radius 1 is 0.923 bits per heavy atom. The van der Waals surface area contributed by atoms with Crippen molar-refractivity contribution in [2.75, 3.05) is 5.32 Å². The zero-order chi connectivity index (χ0) is 27.9. The van der Waals surface area contributed by atoms with Crippen molar-refractivity contribution in [1.82, 2.24) is 19.7 Å². The van der Waals surface area contributed by atoms with E-state index >= 15 is 0 Å². The lowest BCUT2D eigenvalue weighted by Gasteiger charge is -2.19. The molecule has 8 nitrogen and oxygen atoms in total. The van der Waals surface area contributed by atoms with Gasteiger partial charge in [0.15, 0.2) is 0 Å². The van der Waals surface area contributed by atoms with Crippen LogP contribution in [-0.2, 0) is 17.2 Å². The molecule has 5 aromatic rings. The molecular weight excluding hydrogens is 488 g/mol. The van der Waals surface area contributed by atoms with Crippen molar-refractivity contribution in [2.45, 2.75) is 45.6 Å². The van der Waals surface area contributed by atoms with Gasteiger partial charge < -0.3 is 4.74 Å². The number of fused-ring (bicyclic) bond motifs is 3. The normalized spacial score (nSPS) is 11.9. The molecule has 0 spiro atoms. The minimum Gasteiger partial charge on any atom is -0.444 e. The van der Waals surface area contributed by atoms with Crippen molar-refractivity contribution in [3.63, 3.8) is 0 Å². The maximum absolute atomic E-state index is 12.1.